The normalized spacial score (nSPS) is 10.1. The highest BCUT2D eigenvalue weighted by Gasteiger charge is 1.94. The second-order valence-electron chi connectivity index (χ2n) is 2.45. The Bertz CT molecular complexity index is 368. The predicted molar refractivity (Wildman–Crippen MR) is 51.3 cm³/mol. The van der Waals surface area contributed by atoms with E-state index < -0.39 is 0 Å². The van der Waals surface area contributed by atoms with Crippen LogP contribution >= 0.6 is 15.9 Å². The van der Waals surface area contributed by atoms with E-state index in [1.54, 1.807) is 12.5 Å². The largest absolute Gasteiger partial charge is 0.306 e. The first-order valence-electron chi connectivity index (χ1n) is 3.60. The van der Waals surface area contributed by atoms with Gasteiger partial charge in [0.25, 0.3) is 0 Å². The van der Waals surface area contributed by atoms with Crippen molar-refractivity contribution in [2.24, 2.45) is 0 Å². The van der Waals surface area contributed by atoms with Gasteiger partial charge >= 0.3 is 0 Å². The first kappa shape index (κ1) is 7.55. The Morgan fingerprint density at radius 1 is 1.33 bits per heavy atom. The molecule has 2 aromatic rings. The van der Waals surface area contributed by atoms with E-state index in [1.165, 1.54) is 0 Å². The lowest BCUT2D eigenvalue weighted by atomic mass is 10.3. The summed E-state index contributed by atoms with van der Waals surface area (Å²) < 4.78 is 3.04. The summed E-state index contributed by atoms with van der Waals surface area (Å²) in [6.45, 7) is 0. The Hall–Kier alpha value is -1.09. The van der Waals surface area contributed by atoms with Crippen LogP contribution in [-0.2, 0) is 0 Å². The number of rotatable bonds is 1. The van der Waals surface area contributed by atoms with Gasteiger partial charge in [-0.05, 0) is 18.2 Å². The zero-order valence-electron chi connectivity index (χ0n) is 6.31. The van der Waals surface area contributed by atoms with Gasteiger partial charge in [-0.2, -0.15) is 0 Å². The molecule has 0 atom stereocenters. The van der Waals surface area contributed by atoms with Crippen LogP contribution in [0.2, 0.25) is 0 Å². The minimum absolute atomic E-state index is 1.08. The van der Waals surface area contributed by atoms with Gasteiger partial charge in [-0.25, -0.2) is 4.98 Å². The number of benzene rings is 1. The fraction of sp³-hybridized carbons (Fsp3) is 0. The fourth-order valence-electron chi connectivity index (χ4n) is 1.05. The van der Waals surface area contributed by atoms with Crippen molar-refractivity contribution in [3.8, 4) is 5.69 Å². The SMILES string of the molecule is Brc1cccc(-n2ccnc2)c1. The Morgan fingerprint density at radius 3 is 2.92 bits per heavy atom. The second kappa shape index (κ2) is 3.11. The van der Waals surface area contributed by atoms with Crippen molar-refractivity contribution in [3.05, 3.63) is 47.5 Å². The average Bonchev–Trinajstić information content (AvgIpc) is 2.56. The molecular weight excluding hydrogens is 216 g/mol. The molecule has 0 aliphatic rings. The summed E-state index contributed by atoms with van der Waals surface area (Å²) in [5.41, 5.74) is 1.11. The maximum Gasteiger partial charge on any atom is 0.0991 e. The molecule has 0 saturated heterocycles. The number of hydrogen-bond donors (Lipinski definition) is 0. The third-order valence-electron chi connectivity index (χ3n) is 1.61. The molecule has 1 aromatic carbocycles. The summed E-state index contributed by atoms with van der Waals surface area (Å²) in [6, 6.07) is 8.08. The number of aromatic nitrogens is 2. The molecule has 12 heavy (non-hydrogen) atoms. The quantitative estimate of drug-likeness (QED) is 0.726. The zero-order valence-corrected chi connectivity index (χ0v) is 7.90. The smallest absolute Gasteiger partial charge is 0.0991 e. The summed E-state index contributed by atoms with van der Waals surface area (Å²) >= 11 is 3.41. The molecule has 2 nitrogen and oxygen atoms in total. The van der Waals surface area contributed by atoms with Gasteiger partial charge in [0, 0.05) is 22.6 Å². The lowest BCUT2D eigenvalue weighted by molar-refractivity contribution is 1.06. The van der Waals surface area contributed by atoms with Gasteiger partial charge < -0.3 is 4.57 Å². The van der Waals surface area contributed by atoms with Crippen molar-refractivity contribution >= 4 is 15.9 Å². The second-order valence-corrected chi connectivity index (χ2v) is 3.37. The molecular formula is C9H7BrN2. The average molecular weight is 223 g/mol. The van der Waals surface area contributed by atoms with Gasteiger partial charge in [0.1, 0.15) is 0 Å². The van der Waals surface area contributed by atoms with E-state index in [0.29, 0.717) is 0 Å². The van der Waals surface area contributed by atoms with Crippen molar-refractivity contribution in [2.45, 2.75) is 0 Å². The van der Waals surface area contributed by atoms with Crippen molar-refractivity contribution in [3.63, 3.8) is 0 Å². The van der Waals surface area contributed by atoms with Crippen LogP contribution < -0.4 is 0 Å². The first-order valence-corrected chi connectivity index (χ1v) is 4.39. The molecule has 0 radical (unpaired) electrons. The highest BCUT2D eigenvalue weighted by atomic mass is 79.9. The molecule has 0 fully saturated rings. The van der Waals surface area contributed by atoms with Crippen molar-refractivity contribution < 1.29 is 0 Å². The predicted octanol–water partition coefficient (Wildman–Crippen LogP) is 2.63. The van der Waals surface area contributed by atoms with Crippen LogP contribution in [0.15, 0.2) is 47.5 Å². The monoisotopic (exact) mass is 222 g/mol. The van der Waals surface area contributed by atoms with E-state index >= 15 is 0 Å². The summed E-state index contributed by atoms with van der Waals surface area (Å²) in [4.78, 5) is 3.98. The van der Waals surface area contributed by atoms with Crippen LogP contribution in [0.4, 0.5) is 0 Å². The van der Waals surface area contributed by atoms with Crippen LogP contribution in [-0.4, -0.2) is 9.55 Å². The van der Waals surface area contributed by atoms with Crippen LogP contribution in [0.5, 0.6) is 0 Å². The van der Waals surface area contributed by atoms with E-state index in [2.05, 4.69) is 20.9 Å². The number of halogens is 1. The lowest BCUT2D eigenvalue weighted by Gasteiger charge is -2.00. The van der Waals surface area contributed by atoms with Gasteiger partial charge in [-0.3, -0.25) is 0 Å². The molecule has 3 heteroatoms. The molecule has 60 valence electrons. The first-order chi connectivity index (χ1) is 5.86. The standard InChI is InChI=1S/C9H7BrN2/c10-8-2-1-3-9(6-8)12-5-4-11-7-12/h1-7H. The van der Waals surface area contributed by atoms with Gasteiger partial charge in [0.15, 0.2) is 0 Å². The van der Waals surface area contributed by atoms with E-state index in [0.717, 1.165) is 10.2 Å². The third-order valence-corrected chi connectivity index (χ3v) is 2.10. The van der Waals surface area contributed by atoms with Crippen LogP contribution in [0, 0.1) is 0 Å². The summed E-state index contributed by atoms with van der Waals surface area (Å²) in [7, 11) is 0. The molecule has 0 saturated carbocycles. The molecule has 1 heterocycles. The van der Waals surface area contributed by atoms with Crippen molar-refractivity contribution in [1.82, 2.24) is 9.55 Å². The Labute approximate surface area is 79.0 Å². The topological polar surface area (TPSA) is 17.8 Å². The fourth-order valence-corrected chi connectivity index (χ4v) is 1.44. The van der Waals surface area contributed by atoms with Gasteiger partial charge in [-0.1, -0.05) is 22.0 Å². The molecule has 0 amide bonds. The molecule has 2 rings (SSSR count). The molecule has 0 spiro atoms. The van der Waals surface area contributed by atoms with Crippen LogP contribution in [0.3, 0.4) is 0 Å². The van der Waals surface area contributed by atoms with E-state index in [9.17, 15) is 0 Å². The minimum Gasteiger partial charge on any atom is -0.306 e. The van der Waals surface area contributed by atoms with E-state index in [1.807, 2.05) is 35.0 Å². The highest BCUT2D eigenvalue weighted by molar-refractivity contribution is 9.10. The molecule has 0 N–H and O–H groups in total. The Morgan fingerprint density at radius 2 is 2.25 bits per heavy atom. The number of imidazole rings is 1. The zero-order chi connectivity index (χ0) is 8.39. The molecule has 0 unspecified atom stereocenters. The van der Waals surface area contributed by atoms with Crippen LogP contribution in [0.1, 0.15) is 0 Å². The summed E-state index contributed by atoms with van der Waals surface area (Å²) in [6.07, 6.45) is 5.46. The minimum atomic E-state index is 1.08. The third kappa shape index (κ3) is 1.41. The lowest BCUT2D eigenvalue weighted by Crippen LogP contribution is -1.88. The Kier molecular flexibility index (Phi) is 1.96. The van der Waals surface area contributed by atoms with Gasteiger partial charge in [0.2, 0.25) is 0 Å². The Balaban J connectivity index is 2.48. The molecule has 0 bridgehead atoms. The van der Waals surface area contributed by atoms with E-state index in [-0.39, 0.29) is 0 Å². The number of hydrogen-bond acceptors (Lipinski definition) is 1. The van der Waals surface area contributed by atoms with Crippen LogP contribution in [0.25, 0.3) is 5.69 Å². The van der Waals surface area contributed by atoms with Gasteiger partial charge in [-0.15, -0.1) is 0 Å². The van der Waals surface area contributed by atoms with E-state index in [4.69, 9.17) is 0 Å². The maximum atomic E-state index is 3.98. The maximum absolute atomic E-state index is 3.98. The molecule has 0 aliphatic carbocycles. The molecule has 0 aliphatic heterocycles. The summed E-state index contributed by atoms with van der Waals surface area (Å²) in [5, 5.41) is 0. The van der Waals surface area contributed by atoms with Crippen molar-refractivity contribution in [2.75, 3.05) is 0 Å². The van der Waals surface area contributed by atoms with Gasteiger partial charge in [0.05, 0.1) is 6.33 Å². The van der Waals surface area contributed by atoms with Crippen molar-refractivity contribution in [1.29, 1.82) is 0 Å². The summed E-state index contributed by atoms with van der Waals surface area (Å²) in [5.74, 6) is 0. The highest BCUT2D eigenvalue weighted by Crippen LogP contribution is 2.14. The molecule has 1 aromatic heterocycles. The number of nitrogens with zero attached hydrogens (tertiary/aromatic N) is 2.